The van der Waals surface area contributed by atoms with Gasteiger partial charge in [-0.3, -0.25) is 9.89 Å². The third kappa shape index (κ3) is 2.19. The summed E-state index contributed by atoms with van der Waals surface area (Å²) in [7, 11) is 0. The lowest BCUT2D eigenvalue weighted by Gasteiger charge is -2.04. The predicted molar refractivity (Wildman–Crippen MR) is 69.7 cm³/mol. The molecule has 18 heavy (non-hydrogen) atoms. The highest BCUT2D eigenvalue weighted by molar-refractivity contribution is 7.08. The Bertz CT molecular complexity index is 573. The molecular weight excluding hydrogens is 252 g/mol. The highest BCUT2D eigenvalue weighted by Gasteiger charge is 2.20. The van der Waals surface area contributed by atoms with Crippen LogP contribution >= 0.6 is 11.5 Å². The van der Waals surface area contributed by atoms with Gasteiger partial charge in [-0.2, -0.15) is 5.10 Å². The maximum absolute atomic E-state index is 12.1. The number of nitrogens with one attached hydrogen (secondary N) is 2. The monoisotopic (exact) mass is 266 g/mol. The predicted octanol–water partition coefficient (Wildman–Crippen LogP) is 1.53. The Balaban J connectivity index is 2.22. The highest BCUT2D eigenvalue weighted by Crippen LogP contribution is 2.23. The molecule has 0 aliphatic rings. The lowest BCUT2D eigenvalue weighted by atomic mass is 10.1. The Kier molecular flexibility index (Phi) is 3.28. The van der Waals surface area contributed by atoms with E-state index in [0.717, 1.165) is 17.2 Å². The van der Waals surface area contributed by atoms with Crippen LogP contribution in [0.2, 0.25) is 0 Å². The van der Waals surface area contributed by atoms with Gasteiger partial charge in [-0.15, -0.1) is 5.10 Å². The summed E-state index contributed by atoms with van der Waals surface area (Å²) in [6, 6.07) is 0. The molecule has 0 aliphatic heterocycles. The van der Waals surface area contributed by atoms with Gasteiger partial charge in [0, 0.05) is 0 Å². The van der Waals surface area contributed by atoms with Crippen molar-refractivity contribution in [3.8, 4) is 0 Å². The number of aromatic amines is 1. The zero-order valence-corrected chi connectivity index (χ0v) is 11.1. The fourth-order valence-corrected chi connectivity index (χ4v) is 2.14. The van der Waals surface area contributed by atoms with Gasteiger partial charge in [-0.1, -0.05) is 18.3 Å². The zero-order chi connectivity index (χ0) is 13.3. The van der Waals surface area contributed by atoms with Crippen LogP contribution in [0.15, 0.2) is 0 Å². The van der Waals surface area contributed by atoms with E-state index in [1.807, 2.05) is 13.8 Å². The molecule has 4 N–H and O–H groups in total. The smallest absolute Gasteiger partial charge is 0.270 e. The molecule has 0 saturated heterocycles. The van der Waals surface area contributed by atoms with E-state index in [0.29, 0.717) is 22.1 Å². The number of H-pyrrole nitrogens is 1. The van der Waals surface area contributed by atoms with Crippen LogP contribution < -0.4 is 11.1 Å². The number of anilines is 2. The lowest BCUT2D eigenvalue weighted by Crippen LogP contribution is -2.14. The summed E-state index contributed by atoms with van der Waals surface area (Å²) in [4.78, 5) is 12.6. The molecule has 0 atom stereocenters. The van der Waals surface area contributed by atoms with Gasteiger partial charge in [0.15, 0.2) is 5.82 Å². The van der Waals surface area contributed by atoms with Gasteiger partial charge in [-0.25, -0.2) is 0 Å². The summed E-state index contributed by atoms with van der Waals surface area (Å²) in [6.45, 7) is 5.70. The highest BCUT2D eigenvalue weighted by atomic mass is 32.1. The second-order valence-corrected chi connectivity index (χ2v) is 4.96. The number of rotatable bonds is 3. The Morgan fingerprint density at radius 1 is 1.50 bits per heavy atom. The zero-order valence-electron chi connectivity index (χ0n) is 10.3. The largest absolute Gasteiger partial charge is 0.394 e. The maximum Gasteiger partial charge on any atom is 0.270 e. The quantitative estimate of drug-likeness (QED) is 0.780. The molecule has 0 aliphatic carbocycles. The first-order chi connectivity index (χ1) is 8.50. The Hall–Kier alpha value is -1.96. The molecule has 2 aromatic heterocycles. The average Bonchev–Trinajstić information content (AvgIpc) is 2.91. The van der Waals surface area contributed by atoms with Crippen molar-refractivity contribution in [2.45, 2.75) is 26.7 Å². The Labute approximate surface area is 108 Å². The minimum absolute atomic E-state index is 0.141. The van der Waals surface area contributed by atoms with Gasteiger partial charge in [0.25, 0.3) is 5.91 Å². The SMILES string of the molecule is Cc1[nH]nc(NC(=O)c2snnc2C(C)C)c1N. The molecule has 7 nitrogen and oxygen atoms in total. The van der Waals surface area contributed by atoms with Crippen molar-refractivity contribution in [1.29, 1.82) is 0 Å². The van der Waals surface area contributed by atoms with Crippen LogP contribution in [0.25, 0.3) is 0 Å². The topological polar surface area (TPSA) is 110 Å². The Morgan fingerprint density at radius 3 is 2.78 bits per heavy atom. The van der Waals surface area contributed by atoms with Gasteiger partial charge < -0.3 is 11.1 Å². The summed E-state index contributed by atoms with van der Waals surface area (Å²) in [5, 5.41) is 13.2. The fraction of sp³-hybridized carbons (Fsp3) is 0.400. The van der Waals surface area contributed by atoms with Crippen molar-refractivity contribution in [1.82, 2.24) is 19.8 Å². The fourth-order valence-electron chi connectivity index (χ4n) is 1.43. The minimum Gasteiger partial charge on any atom is -0.394 e. The van der Waals surface area contributed by atoms with E-state index in [-0.39, 0.29) is 11.8 Å². The van der Waals surface area contributed by atoms with Crippen LogP contribution in [0.3, 0.4) is 0 Å². The van der Waals surface area contributed by atoms with Gasteiger partial charge in [0.2, 0.25) is 0 Å². The average molecular weight is 266 g/mol. The van der Waals surface area contributed by atoms with E-state index in [2.05, 4.69) is 25.1 Å². The number of aromatic nitrogens is 4. The molecule has 2 heterocycles. The molecule has 0 unspecified atom stereocenters. The number of aryl methyl sites for hydroxylation is 1. The van der Waals surface area contributed by atoms with Crippen LogP contribution in [0.1, 0.15) is 40.8 Å². The molecule has 0 aromatic carbocycles. The summed E-state index contributed by atoms with van der Waals surface area (Å²) >= 11 is 1.07. The minimum atomic E-state index is -0.285. The summed E-state index contributed by atoms with van der Waals surface area (Å²) in [5.74, 6) is 0.190. The molecular formula is C10H14N6OS. The number of carbonyl (C=O) groups is 1. The molecule has 8 heteroatoms. The number of nitrogens with two attached hydrogens (primary N) is 1. The maximum atomic E-state index is 12.1. The normalized spacial score (nSPS) is 10.9. The molecule has 96 valence electrons. The summed E-state index contributed by atoms with van der Waals surface area (Å²) in [5.41, 5.74) is 7.61. The van der Waals surface area contributed by atoms with Gasteiger partial charge in [0.1, 0.15) is 4.88 Å². The van der Waals surface area contributed by atoms with Crippen molar-refractivity contribution >= 4 is 28.9 Å². The van der Waals surface area contributed by atoms with E-state index in [4.69, 9.17) is 5.73 Å². The number of hydrogen-bond acceptors (Lipinski definition) is 6. The first kappa shape index (κ1) is 12.5. The number of nitrogens with zero attached hydrogens (tertiary/aromatic N) is 3. The number of nitrogen functional groups attached to an aromatic ring is 1. The third-order valence-corrected chi connectivity index (χ3v) is 3.23. The van der Waals surface area contributed by atoms with E-state index < -0.39 is 0 Å². The molecule has 0 spiro atoms. The number of carbonyl (C=O) groups excluding carboxylic acids is 1. The van der Waals surface area contributed by atoms with Gasteiger partial charge >= 0.3 is 0 Å². The Morgan fingerprint density at radius 2 is 2.22 bits per heavy atom. The van der Waals surface area contributed by atoms with Crippen molar-refractivity contribution in [2.75, 3.05) is 11.1 Å². The molecule has 1 amide bonds. The molecule has 2 rings (SSSR count). The van der Waals surface area contributed by atoms with Crippen LogP contribution in [-0.4, -0.2) is 25.7 Å². The van der Waals surface area contributed by atoms with Crippen molar-refractivity contribution in [3.05, 3.63) is 16.3 Å². The second-order valence-electron chi connectivity index (χ2n) is 4.21. The second kappa shape index (κ2) is 4.73. The molecule has 0 saturated carbocycles. The van der Waals surface area contributed by atoms with Gasteiger partial charge in [0.05, 0.1) is 17.1 Å². The van der Waals surface area contributed by atoms with Crippen molar-refractivity contribution in [2.24, 2.45) is 0 Å². The van der Waals surface area contributed by atoms with Crippen LogP contribution in [0.4, 0.5) is 11.5 Å². The number of amides is 1. The molecule has 0 radical (unpaired) electrons. The van der Waals surface area contributed by atoms with E-state index >= 15 is 0 Å². The van der Waals surface area contributed by atoms with E-state index in [9.17, 15) is 4.79 Å². The van der Waals surface area contributed by atoms with Crippen LogP contribution in [-0.2, 0) is 0 Å². The van der Waals surface area contributed by atoms with E-state index in [1.165, 1.54) is 0 Å². The first-order valence-corrected chi connectivity index (χ1v) is 6.22. The van der Waals surface area contributed by atoms with Crippen molar-refractivity contribution in [3.63, 3.8) is 0 Å². The standard InChI is InChI=1S/C10H14N6OS/c1-4(2)7-8(18-16-14-7)10(17)12-9-6(11)5(3)13-15-9/h4H,11H2,1-3H3,(H2,12,13,15,17). The van der Waals surface area contributed by atoms with Crippen LogP contribution in [0.5, 0.6) is 0 Å². The third-order valence-electron chi connectivity index (χ3n) is 2.49. The number of hydrogen-bond donors (Lipinski definition) is 3. The summed E-state index contributed by atoms with van der Waals surface area (Å²) < 4.78 is 3.81. The summed E-state index contributed by atoms with van der Waals surface area (Å²) in [6.07, 6.45) is 0. The van der Waals surface area contributed by atoms with E-state index in [1.54, 1.807) is 6.92 Å². The molecule has 0 bridgehead atoms. The lowest BCUT2D eigenvalue weighted by molar-refractivity contribution is 0.102. The first-order valence-electron chi connectivity index (χ1n) is 5.44. The van der Waals surface area contributed by atoms with Gasteiger partial charge in [-0.05, 0) is 24.4 Å². The van der Waals surface area contributed by atoms with Crippen molar-refractivity contribution < 1.29 is 4.79 Å². The molecule has 2 aromatic rings. The molecule has 0 fully saturated rings. The van der Waals surface area contributed by atoms with Crippen LogP contribution in [0, 0.1) is 6.92 Å².